The van der Waals surface area contributed by atoms with Crippen LogP contribution in [0, 0.1) is 0 Å². The average Bonchev–Trinajstić information content (AvgIpc) is 2.67. The van der Waals surface area contributed by atoms with Crippen LogP contribution >= 0.6 is 0 Å². The average molecular weight is 342 g/mol. The van der Waals surface area contributed by atoms with Crippen molar-refractivity contribution in [1.29, 1.82) is 0 Å². The third kappa shape index (κ3) is 4.03. The molecule has 1 aliphatic rings. The molecule has 1 saturated heterocycles. The molecule has 0 saturated carbocycles. The number of hydrogen-bond acceptors (Lipinski definition) is 5. The summed E-state index contributed by atoms with van der Waals surface area (Å²) in [6.45, 7) is 3.79. The van der Waals surface area contributed by atoms with E-state index in [9.17, 15) is 9.90 Å². The Balaban J connectivity index is 1.56. The molecule has 0 atom stereocenters. The third-order valence-electron chi connectivity index (χ3n) is 4.32. The molecule has 132 valence electrons. The van der Waals surface area contributed by atoms with Crippen LogP contribution in [0.4, 0.5) is 5.69 Å². The zero-order valence-electron chi connectivity index (χ0n) is 14.2. The number of piperazine rings is 1. The number of carbonyl (C=O) groups is 1. The highest BCUT2D eigenvalue weighted by atomic mass is 16.5. The van der Waals surface area contributed by atoms with E-state index in [0.717, 1.165) is 37.6 Å². The maximum Gasteiger partial charge on any atom is 0.339 e. The van der Waals surface area contributed by atoms with Gasteiger partial charge < -0.3 is 19.5 Å². The molecule has 2 aromatic carbocycles. The SMILES string of the molecule is COc1ccccc1N1CCN(COc2ccccc2C(=O)O)CC1. The van der Waals surface area contributed by atoms with Gasteiger partial charge in [0.1, 0.15) is 23.8 Å². The van der Waals surface area contributed by atoms with E-state index in [1.165, 1.54) is 0 Å². The Morgan fingerprint density at radius 2 is 1.64 bits per heavy atom. The molecule has 0 amide bonds. The molecule has 1 fully saturated rings. The number of hydrogen-bond donors (Lipinski definition) is 1. The van der Waals surface area contributed by atoms with Crippen LogP contribution in [0.15, 0.2) is 48.5 Å². The fourth-order valence-electron chi connectivity index (χ4n) is 2.94. The predicted octanol–water partition coefficient (Wildman–Crippen LogP) is 2.55. The van der Waals surface area contributed by atoms with Crippen molar-refractivity contribution in [1.82, 2.24) is 4.90 Å². The number of carboxylic acids is 1. The standard InChI is InChI=1S/C19H22N2O4/c1-24-18-9-5-3-7-16(18)21-12-10-20(11-13-21)14-25-17-8-4-2-6-15(17)19(22)23/h2-9H,10-14H2,1H3,(H,22,23). The van der Waals surface area contributed by atoms with E-state index in [-0.39, 0.29) is 5.56 Å². The van der Waals surface area contributed by atoms with Gasteiger partial charge in [0.15, 0.2) is 0 Å². The van der Waals surface area contributed by atoms with Crippen LogP contribution in [0.5, 0.6) is 11.5 Å². The summed E-state index contributed by atoms with van der Waals surface area (Å²) in [6, 6.07) is 14.7. The lowest BCUT2D eigenvalue weighted by molar-refractivity contribution is 0.0683. The summed E-state index contributed by atoms with van der Waals surface area (Å²) in [6.07, 6.45) is 0. The van der Waals surface area contributed by atoms with Crippen LogP contribution in [-0.2, 0) is 0 Å². The third-order valence-corrected chi connectivity index (χ3v) is 4.32. The van der Waals surface area contributed by atoms with Gasteiger partial charge in [-0.1, -0.05) is 24.3 Å². The quantitative estimate of drug-likeness (QED) is 0.870. The summed E-state index contributed by atoms with van der Waals surface area (Å²) in [5.74, 6) is 0.307. The van der Waals surface area contributed by atoms with Gasteiger partial charge in [-0.05, 0) is 24.3 Å². The molecule has 6 nitrogen and oxygen atoms in total. The molecule has 1 N–H and O–H groups in total. The molecule has 0 bridgehead atoms. The van der Waals surface area contributed by atoms with Crippen molar-refractivity contribution in [2.45, 2.75) is 0 Å². The minimum atomic E-state index is -0.975. The van der Waals surface area contributed by atoms with Gasteiger partial charge in [-0.2, -0.15) is 0 Å². The van der Waals surface area contributed by atoms with E-state index in [2.05, 4.69) is 15.9 Å². The number of para-hydroxylation sites is 3. The zero-order chi connectivity index (χ0) is 17.6. The molecule has 0 radical (unpaired) electrons. The van der Waals surface area contributed by atoms with Crippen molar-refractivity contribution in [3.05, 3.63) is 54.1 Å². The highest BCUT2D eigenvalue weighted by Crippen LogP contribution is 2.28. The first-order valence-electron chi connectivity index (χ1n) is 8.24. The van der Waals surface area contributed by atoms with Gasteiger partial charge in [-0.15, -0.1) is 0 Å². The number of nitrogens with zero attached hydrogens (tertiary/aromatic N) is 2. The predicted molar refractivity (Wildman–Crippen MR) is 95.7 cm³/mol. The van der Waals surface area contributed by atoms with E-state index in [0.29, 0.717) is 12.5 Å². The highest BCUT2D eigenvalue weighted by molar-refractivity contribution is 5.90. The molecule has 0 aromatic heterocycles. The number of methoxy groups -OCH3 is 1. The molecular formula is C19H22N2O4. The number of benzene rings is 2. The van der Waals surface area contributed by atoms with E-state index in [1.54, 1.807) is 31.4 Å². The second-order valence-corrected chi connectivity index (χ2v) is 5.85. The minimum absolute atomic E-state index is 0.190. The molecule has 2 aromatic rings. The van der Waals surface area contributed by atoms with E-state index >= 15 is 0 Å². The molecule has 25 heavy (non-hydrogen) atoms. The van der Waals surface area contributed by atoms with E-state index < -0.39 is 5.97 Å². The van der Waals surface area contributed by atoms with Crippen LogP contribution in [-0.4, -0.2) is 56.0 Å². The minimum Gasteiger partial charge on any atom is -0.495 e. The van der Waals surface area contributed by atoms with Crippen molar-refractivity contribution in [3.63, 3.8) is 0 Å². The van der Waals surface area contributed by atoms with Gasteiger partial charge in [0.25, 0.3) is 0 Å². The van der Waals surface area contributed by atoms with Crippen molar-refractivity contribution in [2.24, 2.45) is 0 Å². The van der Waals surface area contributed by atoms with Crippen molar-refractivity contribution < 1.29 is 19.4 Å². The second kappa shape index (κ2) is 7.90. The van der Waals surface area contributed by atoms with Crippen molar-refractivity contribution in [3.8, 4) is 11.5 Å². The van der Waals surface area contributed by atoms with Crippen LogP contribution in [0.3, 0.4) is 0 Å². The van der Waals surface area contributed by atoms with E-state index in [4.69, 9.17) is 9.47 Å². The van der Waals surface area contributed by atoms with Crippen LogP contribution in [0.2, 0.25) is 0 Å². The van der Waals surface area contributed by atoms with Gasteiger partial charge in [-0.25, -0.2) is 4.79 Å². The fourth-order valence-corrected chi connectivity index (χ4v) is 2.94. The Bertz CT molecular complexity index is 727. The number of anilines is 1. The lowest BCUT2D eigenvalue weighted by Crippen LogP contribution is -2.47. The topological polar surface area (TPSA) is 62.2 Å². The summed E-state index contributed by atoms with van der Waals surface area (Å²) >= 11 is 0. The number of ether oxygens (including phenoxy) is 2. The molecule has 1 aliphatic heterocycles. The van der Waals surface area contributed by atoms with Crippen molar-refractivity contribution in [2.75, 3.05) is 44.9 Å². The first-order valence-corrected chi connectivity index (χ1v) is 8.24. The molecule has 0 spiro atoms. The van der Waals surface area contributed by atoms with Gasteiger partial charge in [0.2, 0.25) is 0 Å². The Labute approximate surface area is 147 Å². The fraction of sp³-hybridized carbons (Fsp3) is 0.316. The monoisotopic (exact) mass is 342 g/mol. The Hall–Kier alpha value is -2.73. The van der Waals surface area contributed by atoms with E-state index in [1.807, 2.05) is 18.2 Å². The van der Waals surface area contributed by atoms with Crippen molar-refractivity contribution >= 4 is 11.7 Å². The van der Waals surface area contributed by atoms with Crippen LogP contribution in [0.1, 0.15) is 10.4 Å². The van der Waals surface area contributed by atoms with Crippen LogP contribution in [0.25, 0.3) is 0 Å². The normalized spacial score (nSPS) is 15.0. The molecular weight excluding hydrogens is 320 g/mol. The summed E-state index contributed by atoms with van der Waals surface area (Å²) in [4.78, 5) is 15.7. The highest BCUT2D eigenvalue weighted by Gasteiger charge is 2.20. The smallest absolute Gasteiger partial charge is 0.339 e. The Morgan fingerprint density at radius 3 is 2.32 bits per heavy atom. The summed E-state index contributed by atoms with van der Waals surface area (Å²) < 4.78 is 11.2. The van der Waals surface area contributed by atoms with Gasteiger partial charge in [0.05, 0.1) is 12.8 Å². The molecule has 3 rings (SSSR count). The zero-order valence-corrected chi connectivity index (χ0v) is 14.2. The summed E-state index contributed by atoms with van der Waals surface area (Å²) in [5, 5.41) is 9.20. The Kier molecular flexibility index (Phi) is 5.40. The lowest BCUT2D eigenvalue weighted by atomic mass is 10.2. The first-order chi connectivity index (χ1) is 12.2. The van der Waals surface area contributed by atoms with Gasteiger partial charge >= 0.3 is 5.97 Å². The lowest BCUT2D eigenvalue weighted by Gasteiger charge is -2.36. The summed E-state index contributed by atoms with van der Waals surface area (Å²) in [5.41, 5.74) is 1.29. The second-order valence-electron chi connectivity index (χ2n) is 5.85. The molecule has 1 heterocycles. The number of carboxylic acid groups (broad SMARTS) is 1. The molecule has 6 heteroatoms. The van der Waals surface area contributed by atoms with Gasteiger partial charge in [-0.3, -0.25) is 4.90 Å². The number of aromatic carboxylic acids is 1. The number of rotatable bonds is 6. The largest absolute Gasteiger partial charge is 0.495 e. The first kappa shape index (κ1) is 17.1. The molecule has 0 aliphatic carbocycles. The van der Waals surface area contributed by atoms with Gasteiger partial charge in [0, 0.05) is 26.2 Å². The summed E-state index contributed by atoms with van der Waals surface area (Å²) in [7, 11) is 1.68. The molecule has 0 unspecified atom stereocenters. The van der Waals surface area contributed by atoms with Crippen LogP contribution < -0.4 is 14.4 Å². The maximum atomic E-state index is 11.2. The maximum absolute atomic E-state index is 11.2. The Morgan fingerprint density at radius 1 is 1.00 bits per heavy atom.